The Kier molecular flexibility index (Phi) is 23.4. The van der Waals surface area contributed by atoms with E-state index in [0.717, 1.165) is 77.0 Å². The summed E-state index contributed by atoms with van der Waals surface area (Å²) in [5.41, 5.74) is -1.45. The van der Waals surface area contributed by atoms with Gasteiger partial charge in [-0.25, -0.2) is 32.5 Å². The van der Waals surface area contributed by atoms with Gasteiger partial charge in [0.25, 0.3) is 11.8 Å². The fraction of sp³-hybridized carbons (Fsp3) is 0.703. The molecular weight excluding hydrogens is 1340 g/mol. The Morgan fingerprint density at radius 2 is 0.980 bits per heavy atom. The maximum absolute atomic E-state index is 16.2. The third kappa shape index (κ3) is 15.2. The molecule has 2 saturated heterocycles. The summed E-state index contributed by atoms with van der Waals surface area (Å²) >= 11 is 0. The largest absolute Gasteiger partial charge is 0.540 e. The van der Waals surface area contributed by atoms with Gasteiger partial charge in [-0.3, -0.25) is 19.2 Å². The number of alkyl halides is 4. The van der Waals surface area contributed by atoms with E-state index in [-0.39, 0.29) is 134 Å². The number of esters is 2. The Morgan fingerprint density at radius 3 is 1.44 bits per heavy atom. The summed E-state index contributed by atoms with van der Waals surface area (Å²) in [7, 11) is 3.02. The zero-order valence-electron chi connectivity index (χ0n) is 57.6. The predicted octanol–water partition coefficient (Wildman–Crippen LogP) is 13.6. The molecule has 2 amide bonds. The quantitative estimate of drug-likeness (QED) is 0.0910. The van der Waals surface area contributed by atoms with Gasteiger partial charge in [0.15, 0.2) is 11.4 Å². The molecule has 5 saturated carbocycles. The first-order valence-electron chi connectivity index (χ1n) is 35.6. The van der Waals surface area contributed by atoms with Crippen LogP contribution in [-0.2, 0) is 87.2 Å². The van der Waals surface area contributed by atoms with E-state index in [1.807, 2.05) is 20.8 Å². The van der Waals surface area contributed by atoms with E-state index in [9.17, 15) is 28.8 Å². The number of hydrogen-bond donors (Lipinski definition) is 0. The zero-order chi connectivity index (χ0) is 68.1. The number of fused-ring (bicyclic) bond motifs is 12. The van der Waals surface area contributed by atoms with E-state index in [0.29, 0.717) is 79.3 Å². The van der Waals surface area contributed by atoms with E-state index in [4.69, 9.17) is 28.4 Å². The maximum atomic E-state index is 16.2. The van der Waals surface area contributed by atoms with Crippen LogP contribution < -0.4 is 18.9 Å². The normalized spacial score (nSPS) is 32.9. The molecule has 0 spiro atoms. The first-order chi connectivity index (χ1) is 46.0. The molecule has 2 aromatic heterocycles. The summed E-state index contributed by atoms with van der Waals surface area (Å²) in [4.78, 5) is 102. The second-order valence-electron chi connectivity index (χ2n) is 30.1. The molecular formula is C74H94F4N6O12V2-2. The fourth-order valence-electron chi connectivity index (χ4n) is 18.4. The average molecular weight is 1440 g/mol. The van der Waals surface area contributed by atoms with Gasteiger partial charge in [-0.2, -0.15) is 17.6 Å². The monoisotopic (exact) mass is 1440 g/mol. The Bertz CT molecular complexity index is 3450. The van der Waals surface area contributed by atoms with E-state index in [2.05, 4.69) is 46.4 Å². The number of hydrogen-bond acceptors (Lipinski definition) is 16. The zero-order valence-corrected chi connectivity index (χ0v) is 60.3. The van der Waals surface area contributed by atoms with Crippen molar-refractivity contribution < 1.29 is 112 Å². The van der Waals surface area contributed by atoms with Gasteiger partial charge >= 0.3 is 11.9 Å². The molecule has 6 heterocycles. The van der Waals surface area contributed by atoms with Crippen LogP contribution >= 0.6 is 0 Å². The Labute approximate surface area is 596 Å². The molecule has 4 aliphatic heterocycles. The van der Waals surface area contributed by atoms with Crippen LogP contribution in [0.2, 0.25) is 0 Å². The van der Waals surface area contributed by atoms with Crippen LogP contribution in [0.1, 0.15) is 207 Å². The topological polar surface area (TPSA) is 216 Å². The molecule has 532 valence electrons. The first-order valence-corrected chi connectivity index (χ1v) is 35.6. The van der Waals surface area contributed by atoms with Crippen LogP contribution in [0, 0.1) is 58.2 Å². The van der Waals surface area contributed by atoms with Crippen molar-refractivity contribution in [3.05, 3.63) is 47.8 Å². The molecule has 2 radical (unpaired) electrons. The Morgan fingerprint density at radius 1 is 0.531 bits per heavy atom. The number of rotatable bonds is 8. The smallest absolute Gasteiger partial charge is 0.307 e. The van der Waals surface area contributed by atoms with Crippen LogP contribution in [0.15, 0.2) is 36.4 Å². The van der Waals surface area contributed by atoms with Crippen LogP contribution in [0.25, 0.3) is 22.1 Å². The second-order valence-corrected chi connectivity index (χ2v) is 30.1. The van der Waals surface area contributed by atoms with E-state index < -0.39 is 106 Å². The van der Waals surface area contributed by atoms with Gasteiger partial charge in [-0.1, -0.05) is 91.1 Å². The van der Waals surface area contributed by atoms with Crippen LogP contribution in [0.5, 0.6) is 23.3 Å². The molecule has 24 heteroatoms. The SMILES string of the molecule is CC[C@@H]1[C@@H]2CN(C(=O)[C@H](C3(C)CCCC3)CC(=O)O[C@@H]3CC4CC4[C@H]3CCCCC(F)(F)c3nc4ccc(OC)cc4nc3O2)[C@@H]1[C-]=O.CC[C@@H]1[C@@H]2CN(C(=O)[C@H](C3(C)CCCC3)CC(=O)O[C@]3(C)CCC[C@H]3CCCCC(F)(F)c3nc4ccc(OC)cc4nc3O2)[C@@H]1[C-]=O.[V].[V]. The fourth-order valence-corrected chi connectivity index (χ4v) is 18.4. The second kappa shape index (κ2) is 30.6. The van der Waals surface area contributed by atoms with Crippen molar-refractivity contribution >= 4 is 58.4 Å². The van der Waals surface area contributed by atoms with Gasteiger partial charge in [-0.05, 0) is 161 Å². The first kappa shape index (κ1) is 75.1. The number of nitrogens with zero attached hydrogens (tertiary/aromatic N) is 6. The minimum absolute atomic E-state index is 0. The van der Waals surface area contributed by atoms with Crippen molar-refractivity contribution in [2.75, 3.05) is 27.3 Å². The summed E-state index contributed by atoms with van der Waals surface area (Å²) in [6.07, 6.45) is 16.3. The number of aromatic nitrogens is 4. The number of carbonyl (C=O) groups is 4. The number of halogens is 4. The molecule has 9 aliphatic rings. The van der Waals surface area contributed by atoms with Gasteiger partial charge in [0.2, 0.25) is 23.6 Å². The number of benzene rings is 2. The average Bonchev–Trinajstić information content (AvgIpc) is 1.53. The Balaban J connectivity index is 0.000000208. The van der Waals surface area contributed by atoms with Gasteiger partial charge in [0.1, 0.15) is 35.4 Å². The predicted molar refractivity (Wildman–Crippen MR) is 346 cm³/mol. The number of amides is 2. The van der Waals surface area contributed by atoms with E-state index in [1.165, 1.54) is 24.0 Å². The molecule has 5 aliphatic carbocycles. The summed E-state index contributed by atoms with van der Waals surface area (Å²) in [5.74, 6) is -9.04. The van der Waals surface area contributed by atoms with Gasteiger partial charge in [0.05, 0.1) is 74.1 Å². The van der Waals surface area contributed by atoms with Gasteiger partial charge in [-0.15, -0.1) is 0 Å². The van der Waals surface area contributed by atoms with E-state index in [1.54, 1.807) is 36.4 Å². The van der Waals surface area contributed by atoms with Gasteiger partial charge < -0.3 is 47.8 Å². The van der Waals surface area contributed by atoms with Crippen molar-refractivity contribution in [1.82, 2.24) is 29.7 Å². The molecule has 2 unspecified atom stereocenters. The van der Waals surface area contributed by atoms with E-state index >= 15 is 17.6 Å². The maximum Gasteiger partial charge on any atom is 0.307 e. The molecule has 13 rings (SSSR count). The summed E-state index contributed by atoms with van der Waals surface area (Å²) in [6.45, 7) is 9.75. The van der Waals surface area contributed by atoms with Crippen molar-refractivity contribution in [1.29, 1.82) is 0 Å². The summed E-state index contributed by atoms with van der Waals surface area (Å²) < 4.78 is 101. The number of methoxy groups -OCH3 is 2. The molecule has 18 nitrogen and oxygen atoms in total. The van der Waals surface area contributed by atoms with Crippen molar-refractivity contribution in [2.24, 2.45) is 58.2 Å². The standard InChI is InChI=1S/C37H46F2N3O6.C37H48F2N3O6.2V/c1-4-23-29(20-43)42-19-31(23)48-34-33(40-27-11-10-22(46-3)17-28(27)41-34)37(38,39)14-6-5-9-24-25-15-21(25)16-30(24)47-32(44)18-26(35(42)45)36(2)12-7-8-13-36;1-5-25-29(22-43)42-21-30(25)47-33-32(40-27-14-13-24(46-4)19-28(27)41-33)37(38,39)18-7-6-11-23-12-10-17-36(23,3)48-31(44)20-26(34(42)45)35(2)15-8-9-16-35;;/h10-11,17,21,23-26,29-31H,4-9,12-16,18-19H2,1-3H3;13-14,19,23,25-26,29-30H,5-12,15-18,20-21H2,1-4H3;;/q2*-1;;/t21?,23-,24+,25?,26+,29+,30+,31-;23-,25+,26-,29-,30+,36-;;/m01../s1. The van der Waals surface area contributed by atoms with Crippen molar-refractivity contribution in [3.8, 4) is 23.3 Å². The molecule has 7 fully saturated rings. The van der Waals surface area contributed by atoms with Gasteiger partial charge in [0, 0.05) is 62.1 Å². The van der Waals surface area contributed by atoms with Crippen LogP contribution in [0.4, 0.5) is 17.6 Å². The minimum Gasteiger partial charge on any atom is -0.540 e. The third-order valence-corrected chi connectivity index (χ3v) is 24.2. The van der Waals surface area contributed by atoms with Crippen LogP contribution in [-0.4, -0.2) is 129 Å². The summed E-state index contributed by atoms with van der Waals surface area (Å²) in [6, 6.07) is 7.81. The number of ether oxygens (including phenoxy) is 6. The van der Waals surface area contributed by atoms with Crippen molar-refractivity contribution in [3.63, 3.8) is 0 Å². The molecule has 98 heavy (non-hydrogen) atoms. The molecule has 2 aromatic carbocycles. The number of carbonyl (C=O) groups excluding carboxylic acids is 6. The molecule has 4 bridgehead atoms. The molecule has 14 atom stereocenters. The summed E-state index contributed by atoms with van der Waals surface area (Å²) in [5, 5.41) is 0. The molecule has 4 aromatic rings. The Hall–Kier alpha value is -5.57. The molecule has 0 N–H and O–H groups in total. The third-order valence-electron chi connectivity index (χ3n) is 24.2. The van der Waals surface area contributed by atoms with Crippen molar-refractivity contribution in [2.45, 2.75) is 243 Å². The minimum atomic E-state index is -3.36. The van der Waals surface area contributed by atoms with Crippen LogP contribution in [0.3, 0.4) is 0 Å².